The normalized spacial score (nSPS) is 24.8. The molecule has 2 atom stereocenters. The zero-order chi connectivity index (χ0) is 16.4. The largest absolute Gasteiger partial charge is 0.490 e. The fourth-order valence-corrected chi connectivity index (χ4v) is 3.35. The van der Waals surface area contributed by atoms with Gasteiger partial charge < -0.3 is 15.4 Å². The molecule has 2 aliphatic rings. The third-order valence-electron chi connectivity index (χ3n) is 4.53. The summed E-state index contributed by atoms with van der Waals surface area (Å²) in [4.78, 5) is 25.2. The van der Waals surface area contributed by atoms with Crippen LogP contribution in [0.1, 0.15) is 42.5 Å². The zero-order valence-electron chi connectivity index (χ0n) is 12.9. The predicted octanol–water partition coefficient (Wildman–Crippen LogP) is 2.05. The van der Waals surface area contributed by atoms with E-state index in [0.29, 0.717) is 11.3 Å². The molecule has 1 aliphatic carbocycles. The summed E-state index contributed by atoms with van der Waals surface area (Å²) in [7, 11) is 0. The number of hydrogen-bond donors (Lipinski definition) is 1. The van der Waals surface area contributed by atoms with Crippen LogP contribution in [-0.4, -0.2) is 41.6 Å². The van der Waals surface area contributed by atoms with E-state index in [1.54, 1.807) is 18.2 Å². The third-order valence-corrected chi connectivity index (χ3v) is 4.53. The molecule has 5 nitrogen and oxygen atoms in total. The maximum atomic E-state index is 13.6. The van der Waals surface area contributed by atoms with E-state index in [1.165, 1.54) is 4.90 Å². The molecule has 0 radical (unpaired) electrons. The van der Waals surface area contributed by atoms with Crippen LogP contribution in [0.25, 0.3) is 0 Å². The number of amides is 2. The van der Waals surface area contributed by atoms with Crippen LogP contribution < -0.4 is 10.5 Å². The van der Waals surface area contributed by atoms with Gasteiger partial charge in [0.05, 0.1) is 12.6 Å². The van der Waals surface area contributed by atoms with E-state index in [4.69, 9.17) is 10.5 Å². The Balaban J connectivity index is 1.75. The van der Waals surface area contributed by atoms with Gasteiger partial charge in [0.2, 0.25) is 5.91 Å². The molecule has 1 heterocycles. The Labute approximate surface area is 134 Å². The second-order valence-electron chi connectivity index (χ2n) is 6.26. The lowest BCUT2D eigenvalue weighted by Gasteiger charge is -2.22. The number of rotatable bonds is 4. The summed E-state index contributed by atoms with van der Waals surface area (Å²) in [6.07, 6.45) is 3.33. The van der Waals surface area contributed by atoms with Gasteiger partial charge in [-0.05, 0) is 43.9 Å². The Hall–Kier alpha value is -2.11. The average molecular weight is 320 g/mol. The first-order chi connectivity index (χ1) is 11.0. The van der Waals surface area contributed by atoms with Gasteiger partial charge in [-0.25, -0.2) is 4.39 Å². The Morgan fingerprint density at radius 1 is 1.26 bits per heavy atom. The number of carbonyl (C=O) groups excluding carboxylic acids is 2. The predicted molar refractivity (Wildman–Crippen MR) is 82.9 cm³/mol. The Kier molecular flexibility index (Phi) is 4.50. The van der Waals surface area contributed by atoms with Gasteiger partial charge in [0.25, 0.3) is 5.91 Å². The summed E-state index contributed by atoms with van der Waals surface area (Å²) in [5.41, 5.74) is 5.67. The Morgan fingerprint density at radius 3 is 2.70 bits per heavy atom. The molecule has 0 bridgehead atoms. The number of primary amides is 1. The second-order valence-corrected chi connectivity index (χ2v) is 6.26. The number of alkyl halides is 1. The lowest BCUT2D eigenvalue weighted by atomic mass is 10.1. The first-order valence-electron chi connectivity index (χ1n) is 8.05. The van der Waals surface area contributed by atoms with Crippen LogP contribution in [0.5, 0.6) is 5.75 Å². The van der Waals surface area contributed by atoms with Gasteiger partial charge in [-0.1, -0.05) is 6.07 Å². The fourth-order valence-electron chi connectivity index (χ4n) is 3.35. The summed E-state index contributed by atoms with van der Waals surface area (Å²) < 4.78 is 19.5. The molecule has 23 heavy (non-hydrogen) atoms. The molecule has 0 aromatic heterocycles. The number of carbonyl (C=O) groups is 2. The van der Waals surface area contributed by atoms with Crippen molar-refractivity contribution in [3.05, 3.63) is 29.8 Å². The van der Waals surface area contributed by atoms with Crippen LogP contribution >= 0.6 is 0 Å². The van der Waals surface area contributed by atoms with Crippen LogP contribution in [-0.2, 0) is 4.79 Å². The quantitative estimate of drug-likeness (QED) is 0.923. The second kappa shape index (κ2) is 6.56. The molecule has 124 valence electrons. The first-order valence-corrected chi connectivity index (χ1v) is 8.05. The van der Waals surface area contributed by atoms with Crippen LogP contribution in [0.15, 0.2) is 24.3 Å². The highest BCUT2D eigenvalue weighted by Gasteiger charge is 2.39. The van der Waals surface area contributed by atoms with Gasteiger partial charge in [-0.15, -0.1) is 0 Å². The number of hydrogen-bond acceptors (Lipinski definition) is 3. The van der Waals surface area contributed by atoms with Crippen molar-refractivity contribution in [3.63, 3.8) is 0 Å². The molecule has 2 fully saturated rings. The van der Waals surface area contributed by atoms with Crippen LogP contribution in [0.4, 0.5) is 4.39 Å². The maximum Gasteiger partial charge on any atom is 0.254 e. The highest BCUT2D eigenvalue weighted by atomic mass is 19.1. The molecule has 0 unspecified atom stereocenters. The molecule has 1 aliphatic heterocycles. The molecular weight excluding hydrogens is 299 g/mol. The maximum absolute atomic E-state index is 13.6. The highest BCUT2D eigenvalue weighted by molar-refractivity contribution is 5.98. The highest BCUT2D eigenvalue weighted by Crippen LogP contribution is 2.27. The SMILES string of the molecule is NC(=O)[C@@H]1C[C@@H](F)CN1C(=O)c1cccc(OC2CCCC2)c1. The monoisotopic (exact) mass is 320 g/mol. The van der Waals surface area contributed by atoms with Crippen molar-refractivity contribution in [2.24, 2.45) is 5.73 Å². The topological polar surface area (TPSA) is 72.6 Å². The van der Waals surface area contributed by atoms with Crippen LogP contribution in [0.3, 0.4) is 0 Å². The van der Waals surface area contributed by atoms with Gasteiger partial charge in [0.15, 0.2) is 0 Å². The van der Waals surface area contributed by atoms with Gasteiger partial charge in [-0.3, -0.25) is 9.59 Å². The zero-order valence-corrected chi connectivity index (χ0v) is 12.9. The van der Waals surface area contributed by atoms with Crippen molar-refractivity contribution >= 4 is 11.8 Å². The van der Waals surface area contributed by atoms with E-state index in [1.807, 2.05) is 6.07 Å². The molecule has 1 saturated heterocycles. The minimum absolute atomic E-state index is 0.0284. The summed E-state index contributed by atoms with van der Waals surface area (Å²) in [6, 6.07) is 5.97. The van der Waals surface area contributed by atoms with Crippen molar-refractivity contribution < 1.29 is 18.7 Å². The van der Waals surface area contributed by atoms with Crippen molar-refractivity contribution in [2.45, 2.75) is 50.4 Å². The Bertz CT molecular complexity index is 601. The summed E-state index contributed by atoms with van der Waals surface area (Å²) >= 11 is 0. The van der Waals surface area contributed by atoms with Gasteiger partial charge >= 0.3 is 0 Å². The molecule has 1 aromatic carbocycles. The van der Waals surface area contributed by atoms with Crippen molar-refractivity contribution in [2.75, 3.05) is 6.54 Å². The number of halogens is 1. The van der Waals surface area contributed by atoms with Gasteiger partial charge in [0, 0.05) is 12.0 Å². The minimum atomic E-state index is -1.21. The lowest BCUT2D eigenvalue weighted by molar-refractivity contribution is -0.121. The molecule has 1 saturated carbocycles. The minimum Gasteiger partial charge on any atom is -0.490 e. The van der Waals surface area contributed by atoms with E-state index < -0.39 is 18.1 Å². The first kappa shape index (κ1) is 15.8. The third kappa shape index (κ3) is 3.46. The van der Waals surface area contributed by atoms with Gasteiger partial charge in [-0.2, -0.15) is 0 Å². The van der Waals surface area contributed by atoms with E-state index in [-0.39, 0.29) is 25.0 Å². The van der Waals surface area contributed by atoms with E-state index in [0.717, 1.165) is 25.7 Å². The number of nitrogens with zero attached hydrogens (tertiary/aromatic N) is 1. The Morgan fingerprint density at radius 2 is 2.00 bits per heavy atom. The van der Waals surface area contributed by atoms with E-state index in [9.17, 15) is 14.0 Å². The van der Waals surface area contributed by atoms with Crippen molar-refractivity contribution in [1.29, 1.82) is 0 Å². The van der Waals surface area contributed by atoms with Crippen molar-refractivity contribution in [3.8, 4) is 5.75 Å². The summed E-state index contributed by atoms with van der Waals surface area (Å²) in [5, 5.41) is 0. The average Bonchev–Trinajstić information content (AvgIpc) is 3.16. The smallest absolute Gasteiger partial charge is 0.254 e. The number of likely N-dealkylation sites (tertiary alicyclic amines) is 1. The standard InChI is InChI=1S/C17H21FN2O3/c18-12-9-15(16(19)21)20(10-12)17(22)11-4-3-7-14(8-11)23-13-5-1-2-6-13/h3-4,7-8,12-13,15H,1-2,5-6,9-10H2,(H2,19,21)/t12-,15+/m1/s1. The molecule has 2 N–H and O–H groups in total. The van der Waals surface area contributed by atoms with Crippen molar-refractivity contribution in [1.82, 2.24) is 4.90 Å². The van der Waals surface area contributed by atoms with Gasteiger partial charge in [0.1, 0.15) is 18.0 Å². The number of ether oxygens (including phenoxy) is 1. The molecule has 2 amide bonds. The fraction of sp³-hybridized carbons (Fsp3) is 0.529. The summed E-state index contributed by atoms with van der Waals surface area (Å²) in [6.45, 7) is -0.0971. The van der Waals surface area contributed by atoms with E-state index >= 15 is 0 Å². The molecule has 6 heteroatoms. The molecule has 3 rings (SSSR count). The molecular formula is C17H21FN2O3. The molecule has 1 aromatic rings. The summed E-state index contributed by atoms with van der Waals surface area (Å²) in [5.74, 6) is -0.419. The lowest BCUT2D eigenvalue weighted by Crippen LogP contribution is -2.43. The number of benzene rings is 1. The number of nitrogens with two attached hydrogens (primary N) is 1. The van der Waals surface area contributed by atoms with Crippen LogP contribution in [0, 0.1) is 0 Å². The van der Waals surface area contributed by atoms with E-state index in [2.05, 4.69) is 0 Å². The van der Waals surface area contributed by atoms with Crippen LogP contribution in [0.2, 0.25) is 0 Å². The molecule has 0 spiro atoms.